The van der Waals surface area contributed by atoms with Gasteiger partial charge in [0.25, 0.3) is 10.0 Å². The Labute approximate surface area is 210 Å². The lowest BCUT2D eigenvalue weighted by molar-refractivity contribution is 0.0601. The zero-order chi connectivity index (χ0) is 25.7. The number of nitrogens with two attached hydrogens (primary N) is 1. The minimum absolute atomic E-state index is 0.0191. The number of benzene rings is 4. The van der Waals surface area contributed by atoms with Crippen LogP contribution in [0.1, 0.15) is 27.0 Å². The van der Waals surface area contributed by atoms with Gasteiger partial charge in [-0.2, -0.15) is 0 Å². The molecule has 4 aromatic rings. The Bertz CT molecular complexity index is 1480. The van der Waals surface area contributed by atoms with Gasteiger partial charge in [-0.25, -0.2) is 13.2 Å². The molecule has 0 spiro atoms. The Morgan fingerprint density at radius 2 is 1.56 bits per heavy atom. The van der Waals surface area contributed by atoms with Crippen molar-refractivity contribution in [1.29, 1.82) is 0 Å². The Morgan fingerprint density at radius 1 is 0.889 bits per heavy atom. The van der Waals surface area contributed by atoms with E-state index in [1.807, 2.05) is 43.3 Å². The standard InChI is InChI=1S/C28H26N2O5S/c1-19-8-12-24(13-9-19)36(32,33)30-27-15-11-23(18-25(27)28(31)34-2)35-22-10-14-26(29)21(17-22)16-20-6-4-3-5-7-20/h3-15,17-18,30H,16,29H2,1-2H3. The lowest BCUT2D eigenvalue weighted by Crippen LogP contribution is -2.16. The average Bonchev–Trinajstić information content (AvgIpc) is 2.87. The van der Waals surface area contributed by atoms with E-state index in [2.05, 4.69) is 4.72 Å². The summed E-state index contributed by atoms with van der Waals surface area (Å²) in [5.74, 6) is 0.159. The molecule has 0 atom stereocenters. The quantitative estimate of drug-likeness (QED) is 0.242. The van der Waals surface area contributed by atoms with E-state index in [0.717, 1.165) is 16.7 Å². The number of methoxy groups -OCH3 is 1. The largest absolute Gasteiger partial charge is 0.465 e. The number of sulfonamides is 1. The van der Waals surface area contributed by atoms with Crippen LogP contribution in [0.3, 0.4) is 0 Å². The Hall–Kier alpha value is -4.30. The summed E-state index contributed by atoms with van der Waals surface area (Å²) < 4.78 is 39.1. The van der Waals surface area contributed by atoms with Crippen LogP contribution in [0.2, 0.25) is 0 Å². The SMILES string of the molecule is COC(=O)c1cc(Oc2ccc(N)c(Cc3ccccc3)c2)ccc1NS(=O)(=O)c1ccc(C)cc1. The summed E-state index contributed by atoms with van der Waals surface area (Å²) in [5, 5.41) is 0. The van der Waals surface area contributed by atoms with Crippen LogP contribution >= 0.6 is 0 Å². The number of nitrogens with one attached hydrogen (secondary N) is 1. The molecule has 0 radical (unpaired) electrons. The molecule has 0 amide bonds. The van der Waals surface area contributed by atoms with E-state index in [-0.39, 0.29) is 16.1 Å². The number of hydrogen-bond acceptors (Lipinski definition) is 6. The van der Waals surface area contributed by atoms with Gasteiger partial charge in [-0.3, -0.25) is 4.72 Å². The van der Waals surface area contributed by atoms with Gasteiger partial charge in [-0.15, -0.1) is 0 Å². The van der Waals surface area contributed by atoms with E-state index >= 15 is 0 Å². The van der Waals surface area contributed by atoms with Crippen LogP contribution in [0.15, 0.2) is 95.9 Å². The molecule has 3 N–H and O–H groups in total. The molecule has 0 aromatic heterocycles. The molecule has 0 saturated carbocycles. The van der Waals surface area contributed by atoms with Crippen molar-refractivity contribution in [1.82, 2.24) is 0 Å². The van der Waals surface area contributed by atoms with Gasteiger partial charge in [-0.05, 0) is 73.0 Å². The van der Waals surface area contributed by atoms with Crippen molar-refractivity contribution in [3.05, 3.63) is 113 Å². The third-order valence-electron chi connectivity index (χ3n) is 5.56. The summed E-state index contributed by atoms with van der Waals surface area (Å²) in [6, 6.07) is 26.1. The first kappa shape index (κ1) is 24.8. The lowest BCUT2D eigenvalue weighted by atomic mass is 10.0. The normalized spacial score (nSPS) is 11.1. The Kier molecular flexibility index (Phi) is 7.26. The molecule has 184 valence electrons. The zero-order valence-electron chi connectivity index (χ0n) is 19.9. The van der Waals surface area contributed by atoms with Gasteiger partial charge in [-0.1, -0.05) is 48.0 Å². The van der Waals surface area contributed by atoms with Crippen LogP contribution < -0.4 is 15.2 Å². The smallest absolute Gasteiger partial charge is 0.340 e. The first-order valence-electron chi connectivity index (χ1n) is 11.2. The monoisotopic (exact) mass is 502 g/mol. The van der Waals surface area contributed by atoms with Crippen molar-refractivity contribution in [2.24, 2.45) is 0 Å². The molecule has 0 aliphatic carbocycles. The predicted octanol–water partition coefficient (Wildman–Crippen LogP) is 5.55. The number of ether oxygens (including phenoxy) is 2. The summed E-state index contributed by atoms with van der Waals surface area (Å²) in [5.41, 5.74) is 9.85. The maximum Gasteiger partial charge on any atom is 0.340 e. The second-order valence-electron chi connectivity index (χ2n) is 8.24. The number of nitrogen functional groups attached to an aromatic ring is 1. The lowest BCUT2D eigenvalue weighted by Gasteiger charge is -2.14. The van der Waals surface area contributed by atoms with E-state index in [4.69, 9.17) is 15.2 Å². The maximum atomic E-state index is 12.9. The molecule has 0 fully saturated rings. The van der Waals surface area contributed by atoms with Gasteiger partial charge in [0.2, 0.25) is 0 Å². The molecule has 8 heteroatoms. The molecular formula is C28H26N2O5S. The van der Waals surface area contributed by atoms with Crippen LogP contribution in [0, 0.1) is 6.92 Å². The highest BCUT2D eigenvalue weighted by molar-refractivity contribution is 7.92. The topological polar surface area (TPSA) is 108 Å². The van der Waals surface area contributed by atoms with Crippen LogP contribution in [0.4, 0.5) is 11.4 Å². The van der Waals surface area contributed by atoms with Crippen LogP contribution in [0.25, 0.3) is 0 Å². The van der Waals surface area contributed by atoms with E-state index in [1.54, 1.807) is 30.3 Å². The minimum Gasteiger partial charge on any atom is -0.465 e. The highest BCUT2D eigenvalue weighted by atomic mass is 32.2. The molecule has 0 aliphatic rings. The third-order valence-corrected chi connectivity index (χ3v) is 6.94. The first-order chi connectivity index (χ1) is 17.2. The number of anilines is 2. The predicted molar refractivity (Wildman–Crippen MR) is 140 cm³/mol. The zero-order valence-corrected chi connectivity index (χ0v) is 20.7. The van der Waals surface area contributed by atoms with E-state index in [0.29, 0.717) is 23.6 Å². The second-order valence-corrected chi connectivity index (χ2v) is 9.92. The Balaban J connectivity index is 1.60. The van der Waals surface area contributed by atoms with Gasteiger partial charge in [0.15, 0.2) is 0 Å². The highest BCUT2D eigenvalue weighted by Crippen LogP contribution is 2.31. The summed E-state index contributed by atoms with van der Waals surface area (Å²) in [4.78, 5) is 12.6. The van der Waals surface area contributed by atoms with Crippen LogP contribution in [-0.4, -0.2) is 21.5 Å². The van der Waals surface area contributed by atoms with E-state index < -0.39 is 16.0 Å². The van der Waals surface area contributed by atoms with Crippen LogP contribution in [-0.2, 0) is 21.2 Å². The van der Waals surface area contributed by atoms with Crippen molar-refractivity contribution < 1.29 is 22.7 Å². The summed E-state index contributed by atoms with van der Waals surface area (Å²) >= 11 is 0. The fourth-order valence-electron chi connectivity index (χ4n) is 3.63. The molecular weight excluding hydrogens is 476 g/mol. The number of aryl methyl sites for hydroxylation is 1. The van der Waals surface area contributed by atoms with Gasteiger partial charge < -0.3 is 15.2 Å². The second kappa shape index (κ2) is 10.5. The highest BCUT2D eigenvalue weighted by Gasteiger charge is 2.20. The fraction of sp³-hybridized carbons (Fsp3) is 0.107. The van der Waals surface area contributed by atoms with Gasteiger partial charge in [0.05, 0.1) is 23.3 Å². The van der Waals surface area contributed by atoms with Crippen LogP contribution in [0.5, 0.6) is 11.5 Å². The number of esters is 1. The number of carbonyl (C=O) groups is 1. The van der Waals surface area contributed by atoms with E-state index in [1.165, 1.54) is 31.4 Å². The number of carbonyl (C=O) groups excluding carboxylic acids is 1. The van der Waals surface area contributed by atoms with Gasteiger partial charge in [0.1, 0.15) is 11.5 Å². The molecule has 36 heavy (non-hydrogen) atoms. The molecule has 7 nitrogen and oxygen atoms in total. The van der Waals surface area contributed by atoms with Crippen molar-refractivity contribution >= 4 is 27.4 Å². The van der Waals surface area contributed by atoms with Crippen molar-refractivity contribution in [2.45, 2.75) is 18.2 Å². The molecule has 0 saturated heterocycles. The molecule has 4 rings (SSSR count). The third kappa shape index (κ3) is 5.84. The van der Waals surface area contributed by atoms with Gasteiger partial charge >= 0.3 is 5.97 Å². The van der Waals surface area contributed by atoms with Gasteiger partial charge in [0, 0.05) is 5.69 Å². The molecule has 0 aliphatic heterocycles. The summed E-state index contributed by atoms with van der Waals surface area (Å²) in [7, 11) is -2.69. The molecule has 4 aromatic carbocycles. The van der Waals surface area contributed by atoms with Crippen molar-refractivity contribution in [3.63, 3.8) is 0 Å². The summed E-state index contributed by atoms with van der Waals surface area (Å²) in [6.07, 6.45) is 0.636. The first-order valence-corrected chi connectivity index (χ1v) is 12.7. The summed E-state index contributed by atoms with van der Waals surface area (Å²) in [6.45, 7) is 1.86. The minimum atomic E-state index is -3.92. The average molecular weight is 503 g/mol. The Morgan fingerprint density at radius 3 is 2.25 bits per heavy atom. The molecule has 0 heterocycles. The number of rotatable bonds is 8. The molecule has 0 bridgehead atoms. The molecule has 0 unspecified atom stereocenters. The van der Waals surface area contributed by atoms with Crippen molar-refractivity contribution in [3.8, 4) is 11.5 Å². The fourth-order valence-corrected chi connectivity index (χ4v) is 4.71. The van der Waals surface area contributed by atoms with Crippen molar-refractivity contribution in [2.75, 3.05) is 17.6 Å². The maximum absolute atomic E-state index is 12.9. The van der Waals surface area contributed by atoms with E-state index in [9.17, 15) is 13.2 Å². The number of hydrogen-bond donors (Lipinski definition) is 2.